The zero-order valence-electron chi connectivity index (χ0n) is 17.9. The van der Waals surface area contributed by atoms with Gasteiger partial charge in [-0.2, -0.15) is 0 Å². The fourth-order valence-corrected chi connectivity index (χ4v) is 4.65. The molecule has 0 radical (unpaired) electrons. The lowest BCUT2D eigenvalue weighted by Gasteiger charge is -2.13. The predicted molar refractivity (Wildman–Crippen MR) is 132 cm³/mol. The van der Waals surface area contributed by atoms with Gasteiger partial charge in [-0.1, -0.05) is 6.07 Å². The van der Waals surface area contributed by atoms with Gasteiger partial charge in [0.15, 0.2) is 0 Å². The maximum Gasteiger partial charge on any atom is 0.332 e. The van der Waals surface area contributed by atoms with Gasteiger partial charge in [0.05, 0.1) is 5.52 Å². The number of hydrogen-bond acceptors (Lipinski definition) is 6. The molecule has 174 valence electrons. The predicted octanol–water partition coefficient (Wildman–Crippen LogP) is 3.36. The van der Waals surface area contributed by atoms with Crippen molar-refractivity contribution in [3.05, 3.63) is 86.6 Å². The first-order valence-electron chi connectivity index (χ1n) is 10.1. The SMILES string of the molecule is CSc1cccc(NC(=O)Cn2c(=O)n(CC(=O)Nc3ccc(F)cc3)c(=O)c3sccc32)c1. The highest BCUT2D eigenvalue weighted by molar-refractivity contribution is 7.98. The van der Waals surface area contributed by atoms with Crippen LogP contribution in [0, 0.1) is 5.82 Å². The van der Waals surface area contributed by atoms with E-state index in [1.807, 2.05) is 24.5 Å². The molecule has 0 unspecified atom stereocenters. The average molecular weight is 499 g/mol. The van der Waals surface area contributed by atoms with E-state index >= 15 is 0 Å². The Morgan fingerprint density at radius 1 is 0.941 bits per heavy atom. The van der Waals surface area contributed by atoms with Crippen LogP contribution in [0.15, 0.2) is 74.5 Å². The Morgan fingerprint density at radius 3 is 2.32 bits per heavy atom. The molecular weight excluding hydrogens is 479 g/mol. The number of benzene rings is 2. The first-order chi connectivity index (χ1) is 16.4. The molecule has 0 aliphatic carbocycles. The highest BCUT2D eigenvalue weighted by atomic mass is 32.2. The molecule has 0 fully saturated rings. The molecule has 2 aromatic carbocycles. The molecule has 34 heavy (non-hydrogen) atoms. The second-order valence-corrected chi connectivity index (χ2v) is 9.03. The van der Waals surface area contributed by atoms with E-state index in [0.29, 0.717) is 16.9 Å². The number of rotatable bonds is 7. The van der Waals surface area contributed by atoms with Gasteiger partial charge in [-0.15, -0.1) is 23.1 Å². The first kappa shape index (κ1) is 23.5. The normalized spacial score (nSPS) is 10.9. The van der Waals surface area contributed by atoms with Gasteiger partial charge in [0, 0.05) is 16.3 Å². The Bertz CT molecular complexity index is 1490. The Morgan fingerprint density at radius 2 is 1.62 bits per heavy atom. The minimum absolute atomic E-state index is 0.256. The van der Waals surface area contributed by atoms with Crippen molar-refractivity contribution in [3.63, 3.8) is 0 Å². The maximum atomic E-state index is 13.1. The molecule has 0 aliphatic rings. The van der Waals surface area contributed by atoms with Gasteiger partial charge in [0.1, 0.15) is 23.6 Å². The highest BCUT2D eigenvalue weighted by Crippen LogP contribution is 2.19. The van der Waals surface area contributed by atoms with Crippen LogP contribution in [0.4, 0.5) is 15.8 Å². The van der Waals surface area contributed by atoms with Crippen molar-refractivity contribution < 1.29 is 14.0 Å². The number of thioether (sulfide) groups is 1. The van der Waals surface area contributed by atoms with Crippen LogP contribution < -0.4 is 21.9 Å². The smallest absolute Gasteiger partial charge is 0.325 e. The molecule has 2 amide bonds. The lowest BCUT2D eigenvalue weighted by molar-refractivity contribution is -0.117. The van der Waals surface area contributed by atoms with Crippen molar-refractivity contribution in [1.82, 2.24) is 9.13 Å². The van der Waals surface area contributed by atoms with Gasteiger partial charge in [0.2, 0.25) is 11.8 Å². The van der Waals surface area contributed by atoms with Crippen LogP contribution in [0.25, 0.3) is 10.2 Å². The average Bonchev–Trinajstić information content (AvgIpc) is 3.31. The summed E-state index contributed by atoms with van der Waals surface area (Å²) in [4.78, 5) is 52.2. The summed E-state index contributed by atoms with van der Waals surface area (Å²) >= 11 is 2.65. The van der Waals surface area contributed by atoms with E-state index in [9.17, 15) is 23.6 Å². The number of nitrogens with zero attached hydrogens (tertiary/aromatic N) is 2. The molecule has 8 nitrogen and oxygen atoms in total. The van der Waals surface area contributed by atoms with E-state index in [1.54, 1.807) is 17.5 Å². The summed E-state index contributed by atoms with van der Waals surface area (Å²) in [6.45, 7) is -0.893. The number of nitrogens with one attached hydrogen (secondary N) is 2. The monoisotopic (exact) mass is 498 g/mol. The Kier molecular flexibility index (Phi) is 6.94. The van der Waals surface area contributed by atoms with Crippen LogP contribution in [0.3, 0.4) is 0 Å². The molecular formula is C23H19FN4O4S2. The van der Waals surface area contributed by atoms with Crippen molar-refractivity contribution in [2.75, 3.05) is 16.9 Å². The number of thiophene rings is 1. The fraction of sp³-hybridized carbons (Fsp3) is 0.130. The molecule has 4 aromatic rings. The lowest BCUT2D eigenvalue weighted by Crippen LogP contribution is -2.43. The number of aromatic nitrogens is 2. The Labute approximate surface area is 201 Å². The second-order valence-electron chi connectivity index (χ2n) is 7.23. The summed E-state index contributed by atoms with van der Waals surface area (Å²) in [5.74, 6) is -1.54. The topological polar surface area (TPSA) is 102 Å². The molecule has 2 aromatic heterocycles. The second kappa shape index (κ2) is 10.1. The number of amides is 2. The number of hydrogen-bond donors (Lipinski definition) is 2. The van der Waals surface area contributed by atoms with E-state index in [0.717, 1.165) is 20.8 Å². The van der Waals surface area contributed by atoms with Gasteiger partial charge >= 0.3 is 5.69 Å². The summed E-state index contributed by atoms with van der Waals surface area (Å²) in [6, 6.07) is 14.0. The third-order valence-corrected chi connectivity index (χ3v) is 6.54. The zero-order valence-corrected chi connectivity index (χ0v) is 19.5. The Hall–Kier alpha value is -3.70. The fourth-order valence-electron chi connectivity index (χ4n) is 3.35. The molecule has 2 N–H and O–H groups in total. The molecule has 0 saturated carbocycles. The number of halogens is 1. The molecule has 4 rings (SSSR count). The molecule has 0 bridgehead atoms. The van der Waals surface area contributed by atoms with Crippen molar-refractivity contribution in [1.29, 1.82) is 0 Å². The number of carbonyl (C=O) groups is 2. The minimum atomic E-state index is -0.779. The minimum Gasteiger partial charge on any atom is -0.325 e. The van der Waals surface area contributed by atoms with Gasteiger partial charge in [-0.25, -0.2) is 13.8 Å². The van der Waals surface area contributed by atoms with Gasteiger partial charge in [0.25, 0.3) is 5.56 Å². The molecule has 11 heteroatoms. The molecule has 0 saturated heterocycles. The van der Waals surface area contributed by atoms with Crippen molar-refractivity contribution in [2.45, 2.75) is 18.0 Å². The van der Waals surface area contributed by atoms with Gasteiger partial charge in [-0.3, -0.25) is 19.0 Å². The van der Waals surface area contributed by atoms with E-state index in [1.165, 1.54) is 40.6 Å². The van der Waals surface area contributed by atoms with Crippen molar-refractivity contribution in [3.8, 4) is 0 Å². The quantitative estimate of drug-likeness (QED) is 0.381. The highest BCUT2D eigenvalue weighted by Gasteiger charge is 2.18. The summed E-state index contributed by atoms with van der Waals surface area (Å²) in [5, 5.41) is 6.93. The van der Waals surface area contributed by atoms with E-state index in [-0.39, 0.29) is 11.2 Å². The molecule has 0 spiro atoms. The molecule has 0 atom stereocenters. The lowest BCUT2D eigenvalue weighted by atomic mass is 10.3. The van der Waals surface area contributed by atoms with Crippen molar-refractivity contribution >= 4 is 56.5 Å². The maximum absolute atomic E-state index is 13.1. The summed E-state index contributed by atoms with van der Waals surface area (Å²) in [7, 11) is 0. The molecule has 2 heterocycles. The summed E-state index contributed by atoms with van der Waals surface area (Å²) < 4.78 is 15.3. The number of carbonyl (C=O) groups excluding carboxylic acids is 2. The zero-order chi connectivity index (χ0) is 24.2. The summed E-state index contributed by atoms with van der Waals surface area (Å²) in [5.41, 5.74) is -0.169. The van der Waals surface area contributed by atoms with Crippen molar-refractivity contribution in [2.24, 2.45) is 0 Å². The van der Waals surface area contributed by atoms with Crippen LogP contribution in [0.2, 0.25) is 0 Å². The largest absolute Gasteiger partial charge is 0.332 e. The number of fused-ring (bicyclic) bond motifs is 1. The van der Waals surface area contributed by atoms with Crippen LogP contribution in [0.5, 0.6) is 0 Å². The van der Waals surface area contributed by atoms with Crippen LogP contribution in [0.1, 0.15) is 0 Å². The van der Waals surface area contributed by atoms with Gasteiger partial charge in [-0.05, 0) is 60.2 Å². The van der Waals surface area contributed by atoms with E-state index in [4.69, 9.17) is 0 Å². The number of anilines is 2. The first-order valence-corrected chi connectivity index (χ1v) is 12.2. The van der Waals surface area contributed by atoms with Crippen LogP contribution >= 0.6 is 23.1 Å². The van der Waals surface area contributed by atoms with Crippen LogP contribution in [-0.4, -0.2) is 27.2 Å². The Balaban J connectivity index is 1.61. The standard InChI is InChI=1S/C23H19FN4O4S2/c1-33-17-4-2-3-16(11-17)26-19(29)12-27-18-9-10-34-21(18)22(31)28(23(27)32)13-20(30)25-15-7-5-14(24)6-8-15/h2-11H,12-13H2,1H3,(H,25,30)(H,26,29). The third-order valence-electron chi connectivity index (χ3n) is 4.92. The van der Waals surface area contributed by atoms with E-state index < -0.39 is 35.4 Å². The van der Waals surface area contributed by atoms with E-state index in [2.05, 4.69) is 10.6 Å². The van der Waals surface area contributed by atoms with Gasteiger partial charge < -0.3 is 10.6 Å². The van der Waals surface area contributed by atoms with Crippen LogP contribution in [-0.2, 0) is 22.7 Å². The third kappa shape index (κ3) is 5.10. The summed E-state index contributed by atoms with van der Waals surface area (Å²) in [6.07, 6.45) is 1.92. The molecule has 0 aliphatic heterocycles.